The highest BCUT2D eigenvalue weighted by Gasteiger charge is 2.34. The van der Waals surface area contributed by atoms with Gasteiger partial charge < -0.3 is 29.9 Å². The number of imidazole rings is 1. The molecular weight excluding hydrogens is 466 g/mol. The van der Waals surface area contributed by atoms with Gasteiger partial charge in [-0.1, -0.05) is 6.58 Å². The van der Waals surface area contributed by atoms with E-state index >= 15 is 0 Å². The van der Waals surface area contributed by atoms with Crippen molar-refractivity contribution in [3.8, 4) is 0 Å². The van der Waals surface area contributed by atoms with Crippen molar-refractivity contribution < 1.29 is 4.79 Å². The summed E-state index contributed by atoms with van der Waals surface area (Å²) in [7, 11) is 3.99. The summed E-state index contributed by atoms with van der Waals surface area (Å²) in [6, 6.07) is 9.13. The van der Waals surface area contributed by atoms with Crippen molar-refractivity contribution in [2.75, 3.05) is 55.8 Å². The first kappa shape index (κ1) is 25.0. The van der Waals surface area contributed by atoms with Gasteiger partial charge in [0.05, 0.1) is 6.33 Å². The molecule has 2 fully saturated rings. The molecular formula is C27H37N9O. The largest absolute Gasteiger partial charge is 0.369 e. The summed E-state index contributed by atoms with van der Waals surface area (Å²) in [4.78, 5) is 32.7. The van der Waals surface area contributed by atoms with Crippen LogP contribution in [0, 0.1) is 0 Å². The van der Waals surface area contributed by atoms with Gasteiger partial charge in [-0.3, -0.25) is 4.79 Å². The lowest BCUT2D eigenvalue weighted by Gasteiger charge is -2.41. The Balaban J connectivity index is 1.34. The highest BCUT2D eigenvalue weighted by Crippen LogP contribution is 2.31. The van der Waals surface area contributed by atoms with Gasteiger partial charge in [0, 0.05) is 62.7 Å². The number of nitrogens with one attached hydrogen (secondary N) is 2. The predicted molar refractivity (Wildman–Crippen MR) is 149 cm³/mol. The number of piperazine rings is 1. The molecule has 1 aliphatic carbocycles. The van der Waals surface area contributed by atoms with E-state index in [2.05, 4.69) is 81.7 Å². The van der Waals surface area contributed by atoms with E-state index in [4.69, 9.17) is 9.97 Å². The molecule has 0 radical (unpaired) electrons. The molecule has 0 spiro atoms. The van der Waals surface area contributed by atoms with Crippen molar-refractivity contribution in [3.05, 3.63) is 43.2 Å². The molecule has 196 valence electrons. The standard InChI is InChI=1S/C27H37N9O/c1-6-23(37)34(5)22-15-20(16-22)30-27-31-25(24-26(32-27)36(17-28-24)18(2)3)29-19-7-9-21(10-8-19)35-13-11-33(4)12-14-35/h6-10,17-18,20,22H,1,11-16H2,2-5H3,(H2,29,30,31,32). The van der Waals surface area contributed by atoms with Gasteiger partial charge in [0.25, 0.3) is 0 Å². The first-order valence-electron chi connectivity index (χ1n) is 13.0. The molecule has 37 heavy (non-hydrogen) atoms. The molecule has 1 amide bonds. The van der Waals surface area contributed by atoms with E-state index in [0.717, 1.165) is 55.9 Å². The van der Waals surface area contributed by atoms with Crippen LogP contribution in [0.25, 0.3) is 11.2 Å². The zero-order valence-electron chi connectivity index (χ0n) is 22.2. The first-order chi connectivity index (χ1) is 17.8. The Hall–Kier alpha value is -3.66. The molecule has 1 saturated carbocycles. The van der Waals surface area contributed by atoms with E-state index in [9.17, 15) is 4.79 Å². The van der Waals surface area contributed by atoms with Crippen molar-refractivity contribution in [3.63, 3.8) is 0 Å². The van der Waals surface area contributed by atoms with Gasteiger partial charge in [-0.25, -0.2) is 4.98 Å². The fourth-order valence-electron chi connectivity index (χ4n) is 4.93. The Bertz CT molecular complexity index is 1250. The number of aromatic nitrogens is 4. The van der Waals surface area contributed by atoms with E-state index in [1.165, 1.54) is 11.8 Å². The highest BCUT2D eigenvalue weighted by molar-refractivity contribution is 5.87. The number of hydrogen-bond acceptors (Lipinski definition) is 8. The van der Waals surface area contributed by atoms with Gasteiger partial charge in [0.1, 0.15) is 0 Å². The molecule has 1 aliphatic heterocycles. The number of nitrogens with zero attached hydrogens (tertiary/aromatic N) is 7. The number of rotatable bonds is 8. The van der Waals surface area contributed by atoms with Crippen LogP contribution in [0.2, 0.25) is 0 Å². The van der Waals surface area contributed by atoms with Crippen LogP contribution in [0.3, 0.4) is 0 Å². The van der Waals surface area contributed by atoms with Crippen LogP contribution in [0.5, 0.6) is 0 Å². The molecule has 10 heteroatoms. The fourth-order valence-corrected chi connectivity index (χ4v) is 4.93. The number of likely N-dealkylation sites (N-methyl/N-ethyl adjacent to an activating group) is 2. The quantitative estimate of drug-likeness (QED) is 0.451. The zero-order valence-corrected chi connectivity index (χ0v) is 22.2. The monoisotopic (exact) mass is 503 g/mol. The average Bonchev–Trinajstić information content (AvgIpc) is 3.31. The van der Waals surface area contributed by atoms with Crippen LogP contribution in [0.4, 0.5) is 23.1 Å². The summed E-state index contributed by atoms with van der Waals surface area (Å²) in [6.07, 6.45) is 4.88. The summed E-state index contributed by atoms with van der Waals surface area (Å²) in [5, 5.41) is 6.95. The number of hydrogen-bond donors (Lipinski definition) is 2. The van der Waals surface area contributed by atoms with Crippen LogP contribution in [-0.4, -0.2) is 87.6 Å². The third-order valence-electron chi connectivity index (χ3n) is 7.49. The van der Waals surface area contributed by atoms with Crippen molar-refractivity contribution in [2.45, 2.75) is 44.8 Å². The van der Waals surface area contributed by atoms with Crippen LogP contribution >= 0.6 is 0 Å². The Morgan fingerprint density at radius 2 is 1.84 bits per heavy atom. The summed E-state index contributed by atoms with van der Waals surface area (Å²) in [5.41, 5.74) is 3.72. The first-order valence-corrected chi connectivity index (χ1v) is 13.0. The SMILES string of the molecule is C=CC(=O)N(C)C1CC(Nc2nc(Nc3ccc(N4CCN(C)CC4)cc3)c3ncn(C(C)C)c3n2)C1. The van der Waals surface area contributed by atoms with Crippen molar-refractivity contribution in [1.82, 2.24) is 29.3 Å². The lowest BCUT2D eigenvalue weighted by Crippen LogP contribution is -2.50. The number of carbonyl (C=O) groups excluding carboxylic acids is 1. The van der Waals surface area contributed by atoms with E-state index < -0.39 is 0 Å². The smallest absolute Gasteiger partial charge is 0.245 e. The minimum Gasteiger partial charge on any atom is -0.369 e. The van der Waals surface area contributed by atoms with Crippen LogP contribution < -0.4 is 15.5 Å². The second-order valence-electron chi connectivity index (χ2n) is 10.4. The number of fused-ring (bicyclic) bond motifs is 1. The van der Waals surface area contributed by atoms with Gasteiger partial charge >= 0.3 is 0 Å². The van der Waals surface area contributed by atoms with Gasteiger partial charge in [-0.15, -0.1) is 0 Å². The molecule has 5 rings (SSSR count). The predicted octanol–water partition coefficient (Wildman–Crippen LogP) is 3.49. The van der Waals surface area contributed by atoms with Gasteiger partial charge in [-0.2, -0.15) is 9.97 Å². The Morgan fingerprint density at radius 3 is 2.49 bits per heavy atom. The fraction of sp³-hybridized carbons (Fsp3) is 0.481. The second kappa shape index (κ2) is 10.4. The van der Waals surface area contributed by atoms with Gasteiger partial charge in [-0.05, 0) is 64.1 Å². The summed E-state index contributed by atoms with van der Waals surface area (Å²) >= 11 is 0. The number of carbonyl (C=O) groups is 1. The minimum absolute atomic E-state index is 0.0490. The van der Waals surface area contributed by atoms with Crippen LogP contribution in [-0.2, 0) is 4.79 Å². The minimum atomic E-state index is -0.0490. The maximum Gasteiger partial charge on any atom is 0.245 e. The summed E-state index contributed by atoms with van der Waals surface area (Å²) < 4.78 is 2.06. The second-order valence-corrected chi connectivity index (χ2v) is 10.4. The number of anilines is 4. The highest BCUT2D eigenvalue weighted by atomic mass is 16.2. The summed E-state index contributed by atoms with van der Waals surface area (Å²) in [6.45, 7) is 12.0. The van der Waals surface area contributed by atoms with Gasteiger partial charge in [0.2, 0.25) is 11.9 Å². The zero-order chi connectivity index (χ0) is 26.1. The van der Waals surface area contributed by atoms with E-state index in [0.29, 0.717) is 11.8 Å². The maximum atomic E-state index is 11.9. The van der Waals surface area contributed by atoms with Gasteiger partial charge in [0.15, 0.2) is 17.0 Å². The van der Waals surface area contributed by atoms with E-state index in [1.807, 2.05) is 13.4 Å². The molecule has 2 N–H and O–H groups in total. The number of amides is 1. The normalized spacial score (nSPS) is 20.1. The average molecular weight is 504 g/mol. The number of benzene rings is 1. The molecule has 1 saturated heterocycles. The lowest BCUT2D eigenvalue weighted by molar-refractivity contribution is -0.128. The van der Waals surface area contributed by atoms with Crippen LogP contribution in [0.15, 0.2) is 43.2 Å². The molecule has 3 heterocycles. The van der Waals surface area contributed by atoms with Crippen LogP contribution in [0.1, 0.15) is 32.7 Å². The molecule has 1 aromatic carbocycles. The van der Waals surface area contributed by atoms with E-state index in [-0.39, 0.29) is 24.0 Å². The van der Waals surface area contributed by atoms with Crippen molar-refractivity contribution in [1.29, 1.82) is 0 Å². The molecule has 2 aliphatic rings. The van der Waals surface area contributed by atoms with E-state index in [1.54, 1.807) is 4.90 Å². The molecule has 0 unspecified atom stereocenters. The lowest BCUT2D eigenvalue weighted by atomic mass is 9.85. The Labute approximate surface area is 218 Å². The van der Waals surface area contributed by atoms with Crippen molar-refractivity contribution in [2.24, 2.45) is 0 Å². The third kappa shape index (κ3) is 5.24. The molecule has 0 bridgehead atoms. The molecule has 10 nitrogen and oxygen atoms in total. The summed E-state index contributed by atoms with van der Waals surface area (Å²) in [5.74, 6) is 1.19. The maximum absolute atomic E-state index is 11.9. The third-order valence-corrected chi connectivity index (χ3v) is 7.49. The Kier molecular flexibility index (Phi) is 7.01. The molecule has 0 atom stereocenters. The Morgan fingerprint density at radius 1 is 1.14 bits per heavy atom. The van der Waals surface area contributed by atoms with Crippen molar-refractivity contribution >= 4 is 40.2 Å². The molecule has 3 aromatic rings. The molecule has 2 aromatic heterocycles. The topological polar surface area (TPSA) is 94.5 Å².